The summed E-state index contributed by atoms with van der Waals surface area (Å²) in [6, 6.07) is 3.75. The van der Waals surface area contributed by atoms with E-state index in [2.05, 4.69) is 10.2 Å². The van der Waals surface area contributed by atoms with Gasteiger partial charge in [-0.05, 0) is 11.4 Å². The molecule has 0 bridgehead atoms. The van der Waals surface area contributed by atoms with Gasteiger partial charge in [0.05, 0.1) is 11.3 Å². The zero-order valence-corrected chi connectivity index (χ0v) is 12.8. The minimum atomic E-state index is -1.40. The number of aromatic nitrogens is 2. The molecule has 0 radical (unpaired) electrons. The predicted molar refractivity (Wildman–Crippen MR) is 78.5 cm³/mol. The van der Waals surface area contributed by atoms with E-state index in [1.165, 1.54) is 22.7 Å². The lowest BCUT2D eigenvalue weighted by atomic mass is 10.1. The van der Waals surface area contributed by atoms with Crippen LogP contribution in [0.5, 0.6) is 0 Å². The third-order valence-electron chi connectivity index (χ3n) is 2.42. The summed E-state index contributed by atoms with van der Waals surface area (Å²) in [5.41, 5.74) is -1.40. The predicted octanol–water partition coefficient (Wildman–Crippen LogP) is 1.85. The number of thioether (sulfide) groups is 1. The van der Waals surface area contributed by atoms with E-state index in [9.17, 15) is 14.7 Å². The van der Waals surface area contributed by atoms with E-state index in [-0.39, 0.29) is 0 Å². The number of aliphatic carboxylic acids is 2. The first-order valence-electron chi connectivity index (χ1n) is 5.64. The molecule has 0 saturated heterocycles. The van der Waals surface area contributed by atoms with Gasteiger partial charge in [0.25, 0.3) is 0 Å². The maximum Gasteiger partial charge on any atom is 0.310 e. The highest BCUT2D eigenvalue weighted by atomic mass is 32.2. The normalized spacial score (nSPS) is 13.8. The van der Waals surface area contributed by atoms with Gasteiger partial charge in [0.2, 0.25) is 0 Å². The Morgan fingerprint density at radius 3 is 2.67 bits per heavy atom. The number of carboxylic acids is 2. The van der Waals surface area contributed by atoms with Crippen LogP contribution in [0.4, 0.5) is 0 Å². The lowest BCUT2D eigenvalue weighted by molar-refractivity contribution is -0.150. The second-order valence-electron chi connectivity index (χ2n) is 3.90. The van der Waals surface area contributed by atoms with Crippen LogP contribution in [0.2, 0.25) is 0 Å². The van der Waals surface area contributed by atoms with Crippen LogP contribution >= 0.6 is 34.4 Å². The summed E-state index contributed by atoms with van der Waals surface area (Å²) in [6.45, 7) is 0. The van der Waals surface area contributed by atoms with Crippen LogP contribution in [0.3, 0.4) is 0 Å². The van der Waals surface area contributed by atoms with Crippen molar-refractivity contribution in [1.29, 1.82) is 0 Å². The highest BCUT2D eigenvalue weighted by Crippen LogP contribution is 2.35. The Morgan fingerprint density at radius 1 is 1.33 bits per heavy atom. The highest BCUT2D eigenvalue weighted by Gasteiger charge is 2.30. The van der Waals surface area contributed by atoms with Gasteiger partial charge in [-0.25, -0.2) is 0 Å². The number of carbonyl (C=O) groups is 2. The van der Waals surface area contributed by atoms with Gasteiger partial charge < -0.3 is 15.3 Å². The van der Waals surface area contributed by atoms with Crippen molar-refractivity contribution >= 4 is 46.4 Å². The summed E-state index contributed by atoms with van der Waals surface area (Å²) in [4.78, 5) is 22.5. The Labute approximate surface area is 131 Å². The van der Waals surface area contributed by atoms with E-state index < -0.39 is 29.7 Å². The lowest BCUT2D eigenvalue weighted by Gasteiger charge is -2.15. The molecule has 112 valence electrons. The molecule has 0 saturated carbocycles. The zero-order chi connectivity index (χ0) is 15.4. The quantitative estimate of drug-likeness (QED) is 0.513. The number of nitrogens with zero attached hydrogens (tertiary/aromatic N) is 2. The first-order chi connectivity index (χ1) is 9.97. The maximum atomic E-state index is 11.0. The molecule has 0 fully saturated rings. The van der Waals surface area contributed by atoms with Gasteiger partial charge in [0, 0.05) is 0 Å². The van der Waals surface area contributed by atoms with Crippen molar-refractivity contribution in [2.24, 2.45) is 5.92 Å². The van der Waals surface area contributed by atoms with Crippen LogP contribution in [-0.2, 0) is 9.59 Å². The van der Waals surface area contributed by atoms with Gasteiger partial charge in [-0.15, -0.1) is 21.5 Å². The third kappa shape index (κ3) is 4.24. The Morgan fingerprint density at radius 2 is 2.10 bits per heavy atom. The van der Waals surface area contributed by atoms with Gasteiger partial charge in [0.1, 0.15) is 11.4 Å². The Kier molecular flexibility index (Phi) is 5.28. The summed E-state index contributed by atoms with van der Waals surface area (Å²) in [6.07, 6.45) is -0.653. The molecule has 0 aliphatic carbocycles. The number of carboxylic acid groups (broad SMARTS) is 2. The highest BCUT2D eigenvalue weighted by molar-refractivity contribution is 8.01. The fourth-order valence-electron chi connectivity index (χ4n) is 1.44. The van der Waals surface area contributed by atoms with Crippen molar-refractivity contribution in [1.82, 2.24) is 10.2 Å². The topological polar surface area (TPSA) is 121 Å². The van der Waals surface area contributed by atoms with E-state index in [0.29, 0.717) is 9.35 Å². The summed E-state index contributed by atoms with van der Waals surface area (Å²) in [5.74, 6) is -4.04. The van der Waals surface area contributed by atoms with E-state index >= 15 is 0 Å². The molecule has 2 aromatic heterocycles. The molecule has 10 heteroatoms. The minimum absolute atomic E-state index is 0.391. The summed E-state index contributed by atoms with van der Waals surface area (Å²) in [5, 5.41) is 37.9. The van der Waals surface area contributed by atoms with E-state index in [4.69, 9.17) is 10.2 Å². The van der Waals surface area contributed by atoms with Gasteiger partial charge in [-0.1, -0.05) is 29.2 Å². The zero-order valence-electron chi connectivity index (χ0n) is 10.4. The van der Waals surface area contributed by atoms with Crippen molar-refractivity contribution in [3.8, 4) is 9.88 Å². The molecule has 21 heavy (non-hydrogen) atoms. The number of aliphatic hydroxyl groups excluding tert-OH is 1. The summed E-state index contributed by atoms with van der Waals surface area (Å²) in [7, 11) is 0. The van der Waals surface area contributed by atoms with Crippen molar-refractivity contribution in [3.05, 3.63) is 17.5 Å². The molecular formula is C11H10N2O5S3. The molecule has 2 aromatic rings. The van der Waals surface area contributed by atoms with E-state index in [0.717, 1.165) is 16.6 Å². The van der Waals surface area contributed by atoms with Gasteiger partial charge in [-0.2, -0.15) is 0 Å². The molecule has 0 aliphatic heterocycles. The second kappa shape index (κ2) is 6.98. The standard InChI is InChI=1S/C11H10N2O5S3/c14-7(15)4-5(9(16)17)10(18)21-11-13-12-8(20-11)6-2-1-3-19-6/h1-3,5,10,18H,4H2,(H,14,15)(H,16,17). The fourth-order valence-corrected chi connectivity index (χ4v) is 4.21. The molecule has 7 nitrogen and oxygen atoms in total. The SMILES string of the molecule is O=C(O)CC(C(=O)O)C(O)Sc1nnc(-c2cccs2)s1. The Hall–Kier alpha value is -1.49. The van der Waals surface area contributed by atoms with Crippen LogP contribution in [0.25, 0.3) is 9.88 Å². The van der Waals surface area contributed by atoms with Crippen molar-refractivity contribution < 1.29 is 24.9 Å². The first kappa shape index (κ1) is 15.9. The van der Waals surface area contributed by atoms with Crippen LogP contribution in [0.15, 0.2) is 21.9 Å². The minimum Gasteiger partial charge on any atom is -0.481 e. The maximum absolute atomic E-state index is 11.0. The first-order valence-corrected chi connectivity index (χ1v) is 8.21. The Bertz CT molecular complexity index is 628. The molecule has 2 heterocycles. The molecule has 0 aromatic carbocycles. The summed E-state index contributed by atoms with van der Waals surface area (Å²) < 4.78 is 0.391. The molecule has 0 aliphatic rings. The fraction of sp³-hybridized carbons (Fsp3) is 0.273. The van der Waals surface area contributed by atoms with Crippen LogP contribution in [-0.4, -0.2) is 42.9 Å². The van der Waals surface area contributed by atoms with Gasteiger partial charge in [-0.3, -0.25) is 9.59 Å². The Balaban J connectivity index is 2.06. The number of aliphatic hydroxyl groups is 1. The molecule has 2 rings (SSSR count). The monoisotopic (exact) mass is 346 g/mol. The van der Waals surface area contributed by atoms with Gasteiger partial charge in [0.15, 0.2) is 9.35 Å². The van der Waals surface area contributed by atoms with Gasteiger partial charge >= 0.3 is 11.9 Å². The van der Waals surface area contributed by atoms with E-state index in [1.54, 1.807) is 0 Å². The third-order valence-corrected chi connectivity index (χ3v) is 5.56. The molecule has 2 unspecified atom stereocenters. The van der Waals surface area contributed by atoms with Crippen molar-refractivity contribution in [3.63, 3.8) is 0 Å². The van der Waals surface area contributed by atoms with Crippen molar-refractivity contribution in [2.75, 3.05) is 0 Å². The summed E-state index contributed by atoms with van der Waals surface area (Å²) >= 11 is 3.51. The molecular weight excluding hydrogens is 336 g/mol. The number of hydrogen-bond donors (Lipinski definition) is 3. The smallest absolute Gasteiger partial charge is 0.310 e. The average molecular weight is 346 g/mol. The van der Waals surface area contributed by atoms with Crippen LogP contribution in [0, 0.1) is 5.92 Å². The molecule has 0 amide bonds. The van der Waals surface area contributed by atoms with Crippen LogP contribution in [0.1, 0.15) is 6.42 Å². The second-order valence-corrected chi connectivity index (χ2v) is 7.19. The van der Waals surface area contributed by atoms with Crippen molar-refractivity contribution in [2.45, 2.75) is 16.2 Å². The van der Waals surface area contributed by atoms with Crippen LogP contribution < -0.4 is 0 Å². The number of rotatable bonds is 7. The lowest BCUT2D eigenvalue weighted by Crippen LogP contribution is -2.28. The number of hydrogen-bond acceptors (Lipinski definition) is 8. The largest absolute Gasteiger partial charge is 0.481 e. The molecule has 0 spiro atoms. The molecule has 3 N–H and O–H groups in total. The molecule has 2 atom stereocenters. The number of thiophene rings is 1. The van der Waals surface area contributed by atoms with E-state index in [1.807, 2.05) is 17.5 Å². The average Bonchev–Trinajstić information content (AvgIpc) is 3.05.